The summed E-state index contributed by atoms with van der Waals surface area (Å²) in [5, 5.41) is 6.70. The number of benzene rings is 1. The Morgan fingerprint density at radius 1 is 1.30 bits per heavy atom. The highest BCUT2D eigenvalue weighted by Crippen LogP contribution is 2.20. The fourth-order valence-corrected chi connectivity index (χ4v) is 3.38. The van der Waals surface area contributed by atoms with Gasteiger partial charge in [0.2, 0.25) is 0 Å². The summed E-state index contributed by atoms with van der Waals surface area (Å²) >= 11 is 0. The predicted molar refractivity (Wildman–Crippen MR) is 117 cm³/mol. The molecule has 2 aromatic rings. The smallest absolute Gasteiger partial charge is 0.253 e. The molecule has 0 bridgehead atoms. The van der Waals surface area contributed by atoms with E-state index in [-0.39, 0.29) is 17.8 Å². The van der Waals surface area contributed by atoms with Crippen LogP contribution in [0, 0.1) is 5.82 Å². The number of halogens is 1. The zero-order chi connectivity index (χ0) is 21.5. The third-order valence-corrected chi connectivity index (χ3v) is 4.94. The molecule has 1 aliphatic heterocycles. The number of hydrogen-bond donors (Lipinski definition) is 2. The lowest BCUT2D eigenvalue weighted by molar-refractivity contribution is 0.0827. The Labute approximate surface area is 177 Å². The van der Waals surface area contributed by atoms with Crippen LogP contribution in [0.5, 0.6) is 0 Å². The SMILES string of the molecule is CCNC(=NCc1ccc(C(=O)N(C)C)cc1)NC1CCN(c2ncccc2F)C1. The number of aliphatic imine (C=N–C) groups is 1. The molecule has 160 valence electrons. The quantitative estimate of drug-likeness (QED) is 0.563. The van der Waals surface area contributed by atoms with Crippen molar-refractivity contribution in [1.29, 1.82) is 0 Å². The zero-order valence-corrected chi connectivity index (χ0v) is 17.7. The number of nitrogens with zero attached hydrogens (tertiary/aromatic N) is 4. The summed E-state index contributed by atoms with van der Waals surface area (Å²) < 4.78 is 14.0. The standard InChI is InChI=1S/C22H29FN6O/c1-4-24-22(26-14-16-7-9-17(10-8-16)21(30)28(2)3)27-18-11-13-29(15-18)20-19(23)6-5-12-25-20/h5-10,12,18H,4,11,13-15H2,1-3H3,(H2,24,26,27). The van der Waals surface area contributed by atoms with Crippen LogP contribution in [0.15, 0.2) is 47.6 Å². The van der Waals surface area contributed by atoms with Gasteiger partial charge in [0.25, 0.3) is 5.91 Å². The van der Waals surface area contributed by atoms with E-state index in [9.17, 15) is 9.18 Å². The van der Waals surface area contributed by atoms with E-state index in [1.54, 1.807) is 31.3 Å². The summed E-state index contributed by atoms with van der Waals surface area (Å²) in [6.07, 6.45) is 2.49. The van der Waals surface area contributed by atoms with Gasteiger partial charge in [0.1, 0.15) is 0 Å². The molecule has 0 saturated carbocycles. The Kier molecular flexibility index (Phi) is 7.21. The van der Waals surface area contributed by atoms with Crippen LogP contribution in [-0.4, -0.2) is 61.5 Å². The molecular formula is C22H29FN6O. The van der Waals surface area contributed by atoms with Crippen molar-refractivity contribution in [2.75, 3.05) is 38.6 Å². The van der Waals surface area contributed by atoms with Crippen LogP contribution < -0.4 is 15.5 Å². The zero-order valence-electron chi connectivity index (χ0n) is 17.7. The molecule has 2 N–H and O–H groups in total. The minimum atomic E-state index is -0.296. The van der Waals surface area contributed by atoms with E-state index in [2.05, 4.69) is 20.6 Å². The van der Waals surface area contributed by atoms with Crippen molar-refractivity contribution in [2.45, 2.75) is 25.9 Å². The van der Waals surface area contributed by atoms with Gasteiger partial charge < -0.3 is 20.4 Å². The number of nitrogens with one attached hydrogen (secondary N) is 2. The van der Waals surface area contributed by atoms with Gasteiger partial charge in [0.15, 0.2) is 17.6 Å². The molecule has 1 aliphatic rings. The van der Waals surface area contributed by atoms with Crippen LogP contribution in [0.4, 0.5) is 10.2 Å². The average molecular weight is 413 g/mol. The summed E-state index contributed by atoms with van der Waals surface area (Å²) in [4.78, 5) is 24.3. The molecule has 2 heterocycles. The minimum absolute atomic E-state index is 0.0183. The first-order valence-corrected chi connectivity index (χ1v) is 10.2. The van der Waals surface area contributed by atoms with E-state index in [4.69, 9.17) is 0 Å². The number of pyridine rings is 1. The highest BCUT2D eigenvalue weighted by Gasteiger charge is 2.25. The molecule has 1 unspecified atom stereocenters. The van der Waals surface area contributed by atoms with Gasteiger partial charge in [-0.25, -0.2) is 14.4 Å². The van der Waals surface area contributed by atoms with Crippen LogP contribution in [0.2, 0.25) is 0 Å². The van der Waals surface area contributed by atoms with E-state index < -0.39 is 0 Å². The summed E-state index contributed by atoms with van der Waals surface area (Å²) in [5.41, 5.74) is 1.68. The molecule has 3 rings (SSSR count). The molecule has 30 heavy (non-hydrogen) atoms. The predicted octanol–water partition coefficient (Wildman–Crippen LogP) is 2.26. The van der Waals surface area contributed by atoms with Gasteiger partial charge in [-0.3, -0.25) is 4.79 Å². The minimum Gasteiger partial charge on any atom is -0.357 e. The van der Waals surface area contributed by atoms with Gasteiger partial charge in [0.05, 0.1) is 6.54 Å². The second-order valence-electron chi connectivity index (χ2n) is 7.48. The molecule has 1 aromatic heterocycles. The first-order valence-electron chi connectivity index (χ1n) is 10.2. The highest BCUT2D eigenvalue weighted by molar-refractivity contribution is 5.93. The average Bonchev–Trinajstić information content (AvgIpc) is 3.20. The van der Waals surface area contributed by atoms with Crippen molar-refractivity contribution in [3.8, 4) is 0 Å². The van der Waals surface area contributed by atoms with Gasteiger partial charge in [0, 0.05) is 51.5 Å². The maximum absolute atomic E-state index is 14.0. The van der Waals surface area contributed by atoms with Crippen molar-refractivity contribution < 1.29 is 9.18 Å². The summed E-state index contributed by atoms with van der Waals surface area (Å²) in [6, 6.07) is 10.7. The third kappa shape index (κ3) is 5.46. The molecule has 8 heteroatoms. The number of amides is 1. The fourth-order valence-electron chi connectivity index (χ4n) is 3.38. The number of anilines is 1. The Morgan fingerprint density at radius 3 is 2.73 bits per heavy atom. The Morgan fingerprint density at radius 2 is 2.07 bits per heavy atom. The van der Waals surface area contributed by atoms with Crippen LogP contribution in [0.1, 0.15) is 29.3 Å². The fraction of sp³-hybridized carbons (Fsp3) is 0.409. The van der Waals surface area contributed by atoms with E-state index in [1.807, 2.05) is 36.1 Å². The lowest BCUT2D eigenvalue weighted by Crippen LogP contribution is -2.44. The first kappa shape index (κ1) is 21.5. The van der Waals surface area contributed by atoms with Gasteiger partial charge in [-0.2, -0.15) is 0 Å². The third-order valence-electron chi connectivity index (χ3n) is 4.94. The number of carbonyl (C=O) groups is 1. The molecule has 1 amide bonds. The monoisotopic (exact) mass is 412 g/mol. The van der Waals surface area contributed by atoms with E-state index >= 15 is 0 Å². The van der Waals surface area contributed by atoms with Gasteiger partial charge in [-0.15, -0.1) is 0 Å². The Bertz CT molecular complexity index is 883. The lowest BCUT2D eigenvalue weighted by Gasteiger charge is -2.20. The molecule has 1 aromatic carbocycles. The lowest BCUT2D eigenvalue weighted by atomic mass is 10.1. The first-order chi connectivity index (χ1) is 14.5. The second kappa shape index (κ2) is 10.0. The van der Waals surface area contributed by atoms with Crippen LogP contribution in [-0.2, 0) is 6.54 Å². The molecule has 0 spiro atoms. The maximum atomic E-state index is 14.0. The van der Waals surface area contributed by atoms with Gasteiger partial charge >= 0.3 is 0 Å². The van der Waals surface area contributed by atoms with E-state index in [0.717, 1.165) is 31.0 Å². The van der Waals surface area contributed by atoms with Crippen molar-refractivity contribution in [2.24, 2.45) is 4.99 Å². The van der Waals surface area contributed by atoms with Crippen molar-refractivity contribution in [1.82, 2.24) is 20.5 Å². The number of carbonyl (C=O) groups excluding carboxylic acids is 1. The molecule has 1 saturated heterocycles. The number of guanidine groups is 1. The summed E-state index contributed by atoms with van der Waals surface area (Å²) in [6.45, 7) is 4.67. The molecule has 0 radical (unpaired) electrons. The van der Waals surface area contributed by atoms with E-state index in [0.29, 0.717) is 24.5 Å². The topological polar surface area (TPSA) is 72.9 Å². The number of rotatable bonds is 6. The van der Waals surface area contributed by atoms with Gasteiger partial charge in [-0.1, -0.05) is 12.1 Å². The number of aromatic nitrogens is 1. The normalized spacial score (nSPS) is 16.5. The molecule has 1 fully saturated rings. The molecule has 7 nitrogen and oxygen atoms in total. The number of hydrogen-bond acceptors (Lipinski definition) is 4. The second-order valence-corrected chi connectivity index (χ2v) is 7.48. The maximum Gasteiger partial charge on any atom is 0.253 e. The Balaban J connectivity index is 1.60. The van der Waals surface area contributed by atoms with Crippen LogP contribution in [0.3, 0.4) is 0 Å². The van der Waals surface area contributed by atoms with Crippen molar-refractivity contribution in [3.63, 3.8) is 0 Å². The van der Waals surface area contributed by atoms with Crippen LogP contribution in [0.25, 0.3) is 0 Å². The summed E-state index contributed by atoms with van der Waals surface area (Å²) in [7, 11) is 3.47. The Hall–Kier alpha value is -3.16. The molecule has 0 aliphatic carbocycles. The molecular weight excluding hydrogens is 383 g/mol. The largest absolute Gasteiger partial charge is 0.357 e. The van der Waals surface area contributed by atoms with Crippen molar-refractivity contribution in [3.05, 3.63) is 59.5 Å². The summed E-state index contributed by atoms with van der Waals surface area (Å²) in [5.74, 6) is 0.806. The van der Waals surface area contributed by atoms with Crippen molar-refractivity contribution >= 4 is 17.7 Å². The van der Waals surface area contributed by atoms with Gasteiger partial charge in [-0.05, 0) is 43.2 Å². The molecule has 1 atom stereocenters. The van der Waals surface area contributed by atoms with Crippen LogP contribution >= 0.6 is 0 Å². The van der Waals surface area contributed by atoms with E-state index in [1.165, 1.54) is 6.07 Å². The highest BCUT2D eigenvalue weighted by atomic mass is 19.1.